The number of ether oxygens (including phenoxy) is 1. The Morgan fingerprint density at radius 3 is 2.67 bits per heavy atom. The predicted molar refractivity (Wildman–Crippen MR) is 54.2 cm³/mol. The summed E-state index contributed by atoms with van der Waals surface area (Å²) in [5.74, 6) is 1.82. The fourth-order valence-corrected chi connectivity index (χ4v) is 6.22. The Kier molecular flexibility index (Phi) is 1.26. The van der Waals surface area contributed by atoms with Gasteiger partial charge in [0.05, 0.1) is 17.4 Å². The van der Waals surface area contributed by atoms with Gasteiger partial charge in [0.1, 0.15) is 0 Å². The van der Waals surface area contributed by atoms with Crippen molar-refractivity contribution < 1.29 is 14.3 Å². The molecule has 2 bridgehead atoms. The van der Waals surface area contributed by atoms with E-state index in [0.717, 1.165) is 6.42 Å². The summed E-state index contributed by atoms with van der Waals surface area (Å²) in [4.78, 5) is 23.8. The highest BCUT2D eigenvalue weighted by atomic mass is 79.9. The zero-order valence-electron chi connectivity index (χ0n) is 8.27. The Bertz CT molecular complexity index is 405. The second kappa shape index (κ2) is 2.17. The van der Waals surface area contributed by atoms with Gasteiger partial charge in [0, 0.05) is 5.92 Å². The quantitative estimate of drug-likeness (QED) is 0.528. The Balaban J connectivity index is 1.80. The predicted octanol–water partition coefficient (Wildman–Crippen LogP) is 1.00. The van der Waals surface area contributed by atoms with Crippen molar-refractivity contribution in [1.82, 2.24) is 0 Å². The first-order chi connectivity index (χ1) is 7.12. The monoisotopic (exact) mass is 270 g/mol. The van der Waals surface area contributed by atoms with E-state index < -0.39 is 0 Å². The minimum Gasteiger partial charge on any atom is -0.469 e. The lowest BCUT2D eigenvalue weighted by molar-refractivity contribution is -0.153. The highest BCUT2D eigenvalue weighted by molar-refractivity contribution is 9.10. The van der Waals surface area contributed by atoms with E-state index in [1.165, 1.54) is 7.11 Å². The molecule has 4 aliphatic carbocycles. The lowest BCUT2D eigenvalue weighted by Gasteiger charge is -2.30. The summed E-state index contributed by atoms with van der Waals surface area (Å²) >= 11 is 3.61. The Morgan fingerprint density at radius 1 is 1.47 bits per heavy atom. The summed E-state index contributed by atoms with van der Waals surface area (Å²) in [7, 11) is 1.42. The van der Waals surface area contributed by atoms with Crippen LogP contribution < -0.4 is 0 Å². The normalized spacial score (nSPS) is 62.4. The summed E-state index contributed by atoms with van der Waals surface area (Å²) in [5.41, 5.74) is 0. The van der Waals surface area contributed by atoms with E-state index in [1.54, 1.807) is 0 Å². The lowest BCUT2D eigenvalue weighted by Crippen LogP contribution is -2.41. The van der Waals surface area contributed by atoms with E-state index in [1.807, 2.05) is 0 Å². The maximum absolute atomic E-state index is 12.1. The minimum absolute atomic E-state index is 0.0307. The number of esters is 1. The third-order valence-corrected chi connectivity index (χ3v) is 6.63. The molecule has 4 fully saturated rings. The summed E-state index contributed by atoms with van der Waals surface area (Å²) in [6.07, 6.45) is 1.07. The third kappa shape index (κ3) is 0.640. The maximum Gasteiger partial charge on any atom is 0.309 e. The Labute approximate surface area is 95.7 Å². The molecule has 0 spiro atoms. The molecule has 7 unspecified atom stereocenters. The number of Topliss-reactive ketones (excluding diaryl/α,β-unsaturated/α-hetero) is 1. The zero-order chi connectivity index (χ0) is 10.5. The number of rotatable bonds is 1. The van der Waals surface area contributed by atoms with Gasteiger partial charge in [0.15, 0.2) is 5.78 Å². The Morgan fingerprint density at radius 2 is 2.13 bits per heavy atom. The van der Waals surface area contributed by atoms with E-state index in [0.29, 0.717) is 23.7 Å². The zero-order valence-corrected chi connectivity index (χ0v) is 9.86. The number of carbonyl (C=O) groups excluding carboxylic acids is 2. The number of ketones is 1. The second-order valence-electron chi connectivity index (χ2n) is 5.32. The summed E-state index contributed by atoms with van der Waals surface area (Å²) in [6.45, 7) is 0. The molecule has 0 aromatic rings. The van der Waals surface area contributed by atoms with Gasteiger partial charge in [-0.05, 0) is 30.1 Å². The molecular formula is C11H11BrO3. The van der Waals surface area contributed by atoms with Gasteiger partial charge in [-0.2, -0.15) is 0 Å². The molecule has 0 N–H and O–H groups in total. The molecule has 0 aromatic heterocycles. The van der Waals surface area contributed by atoms with Crippen LogP contribution in [0.5, 0.6) is 0 Å². The summed E-state index contributed by atoms with van der Waals surface area (Å²) in [5, 5.41) is 0. The fraction of sp³-hybridized carbons (Fsp3) is 0.818. The SMILES string of the molecule is COC(=O)C1C2CC3C1C(=O)C1(Br)C2C31. The van der Waals surface area contributed by atoms with E-state index in [-0.39, 0.29) is 27.9 Å². The number of alkyl halides is 1. The molecule has 4 rings (SSSR count). The van der Waals surface area contributed by atoms with Crippen molar-refractivity contribution >= 4 is 27.7 Å². The van der Waals surface area contributed by atoms with Crippen LogP contribution in [0.1, 0.15) is 6.42 Å². The van der Waals surface area contributed by atoms with Crippen LogP contribution in [-0.2, 0) is 14.3 Å². The van der Waals surface area contributed by atoms with Crippen molar-refractivity contribution in [3.63, 3.8) is 0 Å². The van der Waals surface area contributed by atoms with Crippen LogP contribution in [0.15, 0.2) is 0 Å². The summed E-state index contributed by atoms with van der Waals surface area (Å²) < 4.78 is 4.61. The van der Waals surface area contributed by atoms with Gasteiger partial charge >= 0.3 is 5.97 Å². The number of hydrogen-bond donors (Lipinski definition) is 0. The second-order valence-corrected chi connectivity index (χ2v) is 6.63. The number of halogens is 1. The van der Waals surface area contributed by atoms with E-state index in [2.05, 4.69) is 15.9 Å². The summed E-state index contributed by atoms with van der Waals surface area (Å²) in [6, 6.07) is 0. The van der Waals surface area contributed by atoms with Crippen molar-refractivity contribution in [3.8, 4) is 0 Å². The van der Waals surface area contributed by atoms with Gasteiger partial charge in [-0.3, -0.25) is 9.59 Å². The average molecular weight is 271 g/mol. The van der Waals surface area contributed by atoms with Gasteiger partial charge < -0.3 is 4.74 Å². The minimum atomic E-state index is -0.213. The van der Waals surface area contributed by atoms with Gasteiger partial charge in [-0.1, -0.05) is 15.9 Å². The number of carbonyl (C=O) groups is 2. The van der Waals surface area contributed by atoms with Gasteiger partial charge in [-0.15, -0.1) is 0 Å². The van der Waals surface area contributed by atoms with E-state index >= 15 is 0 Å². The molecule has 15 heavy (non-hydrogen) atoms. The van der Waals surface area contributed by atoms with Crippen molar-refractivity contribution in [2.24, 2.45) is 35.5 Å². The smallest absolute Gasteiger partial charge is 0.309 e. The first-order valence-electron chi connectivity index (χ1n) is 5.43. The van der Waals surface area contributed by atoms with Crippen LogP contribution in [0.2, 0.25) is 0 Å². The third-order valence-electron chi connectivity index (χ3n) is 5.18. The fourth-order valence-electron chi connectivity index (χ4n) is 4.84. The van der Waals surface area contributed by atoms with Gasteiger partial charge in [0.2, 0.25) is 0 Å². The molecule has 0 aliphatic heterocycles. The van der Waals surface area contributed by atoms with Crippen LogP contribution in [0.3, 0.4) is 0 Å². The molecule has 0 aromatic carbocycles. The van der Waals surface area contributed by atoms with Crippen molar-refractivity contribution in [2.75, 3.05) is 7.11 Å². The molecule has 4 heteroatoms. The Hall–Kier alpha value is -0.380. The molecule has 0 amide bonds. The molecule has 0 radical (unpaired) electrons. The largest absolute Gasteiger partial charge is 0.469 e. The molecule has 3 nitrogen and oxygen atoms in total. The van der Waals surface area contributed by atoms with Gasteiger partial charge in [0.25, 0.3) is 0 Å². The number of hydrogen-bond acceptors (Lipinski definition) is 3. The average Bonchev–Trinajstić information content (AvgIpc) is 2.58. The van der Waals surface area contributed by atoms with Crippen LogP contribution in [0.4, 0.5) is 0 Å². The van der Waals surface area contributed by atoms with E-state index in [9.17, 15) is 9.59 Å². The highest BCUT2D eigenvalue weighted by Crippen LogP contribution is 2.83. The van der Waals surface area contributed by atoms with Crippen molar-refractivity contribution in [1.29, 1.82) is 0 Å². The highest BCUT2D eigenvalue weighted by Gasteiger charge is 2.88. The van der Waals surface area contributed by atoms with Crippen LogP contribution >= 0.6 is 15.9 Å². The van der Waals surface area contributed by atoms with E-state index in [4.69, 9.17) is 4.74 Å². The topological polar surface area (TPSA) is 43.4 Å². The number of methoxy groups -OCH3 is 1. The molecular weight excluding hydrogens is 260 g/mol. The van der Waals surface area contributed by atoms with Crippen molar-refractivity contribution in [2.45, 2.75) is 10.7 Å². The van der Waals surface area contributed by atoms with Crippen LogP contribution in [0.25, 0.3) is 0 Å². The molecule has 0 saturated heterocycles. The molecule has 4 aliphatic rings. The van der Waals surface area contributed by atoms with Crippen LogP contribution in [-0.4, -0.2) is 23.2 Å². The molecule has 80 valence electrons. The molecule has 7 atom stereocenters. The number of fused-ring (bicyclic) bond motifs is 3. The van der Waals surface area contributed by atoms with Gasteiger partial charge in [-0.25, -0.2) is 0 Å². The first kappa shape index (κ1) is 8.74. The first-order valence-corrected chi connectivity index (χ1v) is 6.22. The molecule has 4 saturated carbocycles. The standard InChI is InChI=1S/C11H11BrO3/c1-15-10(14)6-4-2-3-5(6)9(13)11(12)7(3)8(4)11/h3-8H,2H2,1H3. The van der Waals surface area contributed by atoms with Crippen LogP contribution in [0, 0.1) is 35.5 Å². The lowest BCUT2D eigenvalue weighted by atomic mass is 9.75. The maximum atomic E-state index is 12.1. The van der Waals surface area contributed by atoms with Crippen molar-refractivity contribution in [3.05, 3.63) is 0 Å². The molecule has 0 heterocycles.